The topological polar surface area (TPSA) is 49.3 Å². The van der Waals surface area contributed by atoms with Crippen molar-refractivity contribution in [3.63, 3.8) is 0 Å². The first-order valence-electron chi connectivity index (χ1n) is 5.80. The molecule has 0 heterocycles. The van der Waals surface area contributed by atoms with Crippen LogP contribution in [-0.2, 0) is 0 Å². The molecule has 1 aromatic carbocycles. The average Bonchev–Trinajstić information content (AvgIpc) is 2.38. The van der Waals surface area contributed by atoms with Gasteiger partial charge in [0.2, 0.25) is 5.82 Å². The van der Waals surface area contributed by atoms with Crippen LogP contribution in [0.4, 0.5) is 22.0 Å². The lowest BCUT2D eigenvalue weighted by Gasteiger charge is -2.31. The SMILES string of the molecule is O=C(NCC1CC(O)C1)c1c(F)c(F)c(F)c(F)c1F. The Balaban J connectivity index is 2.17. The van der Waals surface area contributed by atoms with E-state index in [2.05, 4.69) is 5.32 Å². The summed E-state index contributed by atoms with van der Waals surface area (Å²) in [5.74, 6) is -12.4. The minimum atomic E-state index is -2.31. The van der Waals surface area contributed by atoms with Crippen LogP contribution in [-0.4, -0.2) is 23.7 Å². The van der Waals surface area contributed by atoms with Gasteiger partial charge in [0.1, 0.15) is 5.56 Å². The molecule has 1 fully saturated rings. The highest BCUT2D eigenvalue weighted by atomic mass is 19.2. The fraction of sp³-hybridized carbons (Fsp3) is 0.417. The maximum Gasteiger partial charge on any atom is 0.257 e. The van der Waals surface area contributed by atoms with Crippen molar-refractivity contribution in [1.82, 2.24) is 5.32 Å². The lowest BCUT2D eigenvalue weighted by molar-refractivity contribution is 0.0419. The summed E-state index contributed by atoms with van der Waals surface area (Å²) >= 11 is 0. The van der Waals surface area contributed by atoms with Crippen molar-refractivity contribution < 1.29 is 31.9 Å². The quantitative estimate of drug-likeness (QED) is 0.508. The lowest BCUT2D eigenvalue weighted by atomic mass is 9.82. The normalized spacial score (nSPS) is 21.5. The molecule has 0 radical (unpaired) electrons. The minimum Gasteiger partial charge on any atom is -0.393 e. The zero-order valence-electron chi connectivity index (χ0n) is 10.0. The van der Waals surface area contributed by atoms with Crippen LogP contribution in [0.15, 0.2) is 0 Å². The van der Waals surface area contributed by atoms with Gasteiger partial charge in [0.25, 0.3) is 5.91 Å². The second-order valence-corrected chi connectivity index (χ2v) is 4.65. The molecular weight excluding hydrogens is 285 g/mol. The van der Waals surface area contributed by atoms with Crippen molar-refractivity contribution in [2.45, 2.75) is 18.9 Å². The van der Waals surface area contributed by atoms with E-state index in [4.69, 9.17) is 5.11 Å². The standard InChI is InChI=1S/C12H10F5NO2/c13-7-6(8(14)10(16)11(17)9(7)15)12(20)18-3-4-1-5(19)2-4/h4-5,19H,1-3H2,(H,18,20). The van der Waals surface area contributed by atoms with Gasteiger partial charge in [-0.2, -0.15) is 0 Å². The molecule has 3 nitrogen and oxygen atoms in total. The molecule has 0 aliphatic heterocycles. The molecule has 1 aromatic rings. The van der Waals surface area contributed by atoms with E-state index in [1.54, 1.807) is 0 Å². The number of amides is 1. The summed E-state index contributed by atoms with van der Waals surface area (Å²) in [7, 11) is 0. The van der Waals surface area contributed by atoms with Crippen molar-refractivity contribution in [3.05, 3.63) is 34.6 Å². The van der Waals surface area contributed by atoms with Gasteiger partial charge in [-0.1, -0.05) is 0 Å². The fourth-order valence-electron chi connectivity index (χ4n) is 2.00. The molecule has 2 rings (SSSR count). The fourth-order valence-corrected chi connectivity index (χ4v) is 2.00. The van der Waals surface area contributed by atoms with Crippen molar-refractivity contribution >= 4 is 5.91 Å². The third-order valence-electron chi connectivity index (χ3n) is 3.20. The van der Waals surface area contributed by atoms with Crippen LogP contribution in [0.5, 0.6) is 0 Å². The van der Waals surface area contributed by atoms with E-state index in [-0.39, 0.29) is 12.5 Å². The molecule has 0 saturated heterocycles. The molecular formula is C12H10F5NO2. The summed E-state index contributed by atoms with van der Waals surface area (Å²) in [6, 6.07) is 0. The predicted octanol–water partition coefficient (Wildman–Crippen LogP) is 1.88. The molecule has 110 valence electrons. The Hall–Kier alpha value is -1.70. The van der Waals surface area contributed by atoms with Gasteiger partial charge in [0.15, 0.2) is 23.3 Å². The largest absolute Gasteiger partial charge is 0.393 e. The molecule has 1 aliphatic rings. The van der Waals surface area contributed by atoms with Crippen LogP contribution in [0.3, 0.4) is 0 Å². The summed E-state index contributed by atoms with van der Waals surface area (Å²) in [6.07, 6.45) is 0.348. The van der Waals surface area contributed by atoms with Gasteiger partial charge in [-0.3, -0.25) is 4.79 Å². The first-order chi connectivity index (χ1) is 9.32. The number of nitrogens with one attached hydrogen (secondary N) is 1. The predicted molar refractivity (Wildman–Crippen MR) is 57.3 cm³/mol. The van der Waals surface area contributed by atoms with Crippen molar-refractivity contribution in [3.8, 4) is 0 Å². The van der Waals surface area contributed by atoms with E-state index in [0.717, 1.165) is 0 Å². The molecule has 0 atom stereocenters. The van der Waals surface area contributed by atoms with Crippen LogP contribution < -0.4 is 5.32 Å². The summed E-state index contributed by atoms with van der Waals surface area (Å²) in [5, 5.41) is 11.1. The molecule has 1 saturated carbocycles. The second-order valence-electron chi connectivity index (χ2n) is 4.65. The average molecular weight is 295 g/mol. The maximum atomic E-state index is 13.3. The number of carbonyl (C=O) groups is 1. The first kappa shape index (κ1) is 14.7. The molecule has 0 spiro atoms. The molecule has 8 heteroatoms. The maximum absolute atomic E-state index is 13.3. The van der Waals surface area contributed by atoms with Gasteiger partial charge in [0, 0.05) is 6.54 Å². The third kappa shape index (κ3) is 2.47. The zero-order chi connectivity index (χ0) is 15.0. The highest BCUT2D eigenvalue weighted by Gasteiger charge is 2.31. The second kappa shape index (κ2) is 5.35. The summed E-state index contributed by atoms with van der Waals surface area (Å²) in [6.45, 7) is -0.00458. The van der Waals surface area contributed by atoms with Crippen molar-refractivity contribution in [1.29, 1.82) is 0 Å². The minimum absolute atomic E-state index is 0.00458. The van der Waals surface area contributed by atoms with Gasteiger partial charge >= 0.3 is 0 Å². The smallest absolute Gasteiger partial charge is 0.257 e. The van der Waals surface area contributed by atoms with E-state index in [1.165, 1.54) is 0 Å². The molecule has 2 N–H and O–H groups in total. The summed E-state index contributed by atoms with van der Waals surface area (Å²) < 4.78 is 65.3. The number of hydrogen-bond acceptors (Lipinski definition) is 2. The van der Waals surface area contributed by atoms with E-state index in [9.17, 15) is 26.7 Å². The number of halogens is 5. The highest BCUT2D eigenvalue weighted by Crippen LogP contribution is 2.27. The first-order valence-corrected chi connectivity index (χ1v) is 5.80. The zero-order valence-corrected chi connectivity index (χ0v) is 10.0. The highest BCUT2D eigenvalue weighted by molar-refractivity contribution is 5.94. The number of aliphatic hydroxyl groups is 1. The van der Waals surface area contributed by atoms with E-state index < -0.39 is 46.7 Å². The van der Waals surface area contributed by atoms with Crippen LogP contribution in [0.25, 0.3) is 0 Å². The molecule has 0 unspecified atom stereocenters. The number of carbonyl (C=O) groups excluding carboxylic acids is 1. The molecule has 0 bridgehead atoms. The third-order valence-corrected chi connectivity index (χ3v) is 3.20. The summed E-state index contributed by atoms with van der Waals surface area (Å²) in [5.41, 5.74) is -1.50. The van der Waals surface area contributed by atoms with Crippen LogP contribution in [0.2, 0.25) is 0 Å². The van der Waals surface area contributed by atoms with E-state index >= 15 is 0 Å². The van der Waals surface area contributed by atoms with Gasteiger partial charge < -0.3 is 10.4 Å². The van der Waals surface area contributed by atoms with Gasteiger partial charge in [-0.15, -0.1) is 0 Å². The Labute approximate surface area is 110 Å². The monoisotopic (exact) mass is 295 g/mol. The molecule has 1 amide bonds. The Morgan fingerprint density at radius 2 is 1.45 bits per heavy atom. The Bertz CT molecular complexity index is 528. The van der Waals surface area contributed by atoms with Crippen molar-refractivity contribution in [2.75, 3.05) is 6.54 Å². The molecule has 1 aliphatic carbocycles. The summed E-state index contributed by atoms with van der Waals surface area (Å²) in [4.78, 5) is 11.5. The number of aliphatic hydroxyl groups excluding tert-OH is 1. The molecule has 0 aromatic heterocycles. The molecule has 20 heavy (non-hydrogen) atoms. The Morgan fingerprint density at radius 3 is 1.90 bits per heavy atom. The van der Waals surface area contributed by atoms with Crippen LogP contribution >= 0.6 is 0 Å². The van der Waals surface area contributed by atoms with Crippen LogP contribution in [0.1, 0.15) is 23.2 Å². The van der Waals surface area contributed by atoms with Crippen molar-refractivity contribution in [2.24, 2.45) is 5.92 Å². The Kier molecular flexibility index (Phi) is 3.94. The number of hydrogen-bond donors (Lipinski definition) is 2. The van der Waals surface area contributed by atoms with E-state index in [1.807, 2.05) is 0 Å². The number of benzene rings is 1. The number of rotatable bonds is 3. The Morgan fingerprint density at radius 1 is 1.00 bits per heavy atom. The van der Waals surface area contributed by atoms with Gasteiger partial charge in [-0.25, -0.2) is 22.0 Å². The van der Waals surface area contributed by atoms with Crippen LogP contribution in [0, 0.1) is 35.0 Å². The lowest BCUT2D eigenvalue weighted by Crippen LogP contribution is -2.39. The van der Waals surface area contributed by atoms with Gasteiger partial charge in [0.05, 0.1) is 6.10 Å². The van der Waals surface area contributed by atoms with E-state index in [0.29, 0.717) is 12.8 Å². The van der Waals surface area contributed by atoms with Gasteiger partial charge in [-0.05, 0) is 18.8 Å².